The molecule has 5 rings (SSSR count). The predicted molar refractivity (Wildman–Crippen MR) is 105 cm³/mol. The number of nitrogens with one attached hydrogen (secondary N) is 2. The van der Waals surface area contributed by atoms with Gasteiger partial charge in [0.15, 0.2) is 5.65 Å². The Morgan fingerprint density at radius 3 is 2.79 bits per heavy atom. The maximum absolute atomic E-state index is 13.1. The van der Waals surface area contributed by atoms with Crippen molar-refractivity contribution in [2.24, 2.45) is 0 Å². The summed E-state index contributed by atoms with van der Waals surface area (Å²) in [5.74, 6) is 1.34. The molecule has 3 atom stereocenters. The molecule has 3 aromatic rings. The molecular weight excluding hydrogens is 352 g/mol. The zero-order chi connectivity index (χ0) is 18.9. The van der Waals surface area contributed by atoms with Crippen LogP contribution < -0.4 is 10.9 Å². The largest absolute Gasteiger partial charge is 0.341 e. The fourth-order valence-corrected chi connectivity index (χ4v) is 4.37. The van der Waals surface area contributed by atoms with Crippen LogP contribution in [0.25, 0.3) is 5.65 Å². The predicted octanol–water partition coefficient (Wildman–Crippen LogP) is 2.04. The molecule has 4 heterocycles. The number of hydrogen-bond donors (Lipinski definition) is 2. The summed E-state index contributed by atoms with van der Waals surface area (Å²) in [5, 5.41) is 8.68. The standard InChI is InChI=1S/C21H24N6O/c28-21(18-13-17(22-23-18)15-7-2-1-3-8-15)26-11-6-9-16(14-26)20-25-24-19-10-4-5-12-27(19)20/h1-5,7-8,10,12,16-18,22-23H,6,9,11,13-14H2. The molecule has 0 radical (unpaired) electrons. The zero-order valence-electron chi connectivity index (χ0n) is 15.7. The van der Waals surface area contributed by atoms with E-state index < -0.39 is 0 Å². The van der Waals surface area contributed by atoms with Crippen molar-refractivity contribution in [3.8, 4) is 0 Å². The van der Waals surface area contributed by atoms with E-state index in [1.165, 1.54) is 5.56 Å². The first kappa shape index (κ1) is 17.3. The molecule has 144 valence electrons. The molecule has 2 aliphatic rings. The SMILES string of the molecule is O=C(C1CC(c2ccccc2)NN1)N1CCCC(c2nnc3ccccn23)C1. The number of pyridine rings is 1. The van der Waals surface area contributed by atoms with Crippen LogP contribution in [-0.4, -0.2) is 44.5 Å². The third kappa shape index (κ3) is 3.16. The molecule has 2 aliphatic heterocycles. The molecule has 2 N–H and O–H groups in total. The van der Waals surface area contributed by atoms with Crippen molar-refractivity contribution in [1.29, 1.82) is 0 Å². The molecule has 7 nitrogen and oxygen atoms in total. The average Bonchev–Trinajstić information content (AvgIpc) is 3.42. The summed E-state index contributed by atoms with van der Waals surface area (Å²) in [5.41, 5.74) is 8.55. The minimum absolute atomic E-state index is 0.163. The summed E-state index contributed by atoms with van der Waals surface area (Å²) in [7, 11) is 0. The number of likely N-dealkylation sites (tertiary alicyclic amines) is 1. The van der Waals surface area contributed by atoms with Gasteiger partial charge in [-0.1, -0.05) is 36.4 Å². The molecule has 2 fully saturated rings. The Hall–Kier alpha value is -2.77. The highest BCUT2D eigenvalue weighted by atomic mass is 16.2. The number of benzene rings is 1. The van der Waals surface area contributed by atoms with Gasteiger partial charge in [0, 0.05) is 31.2 Å². The van der Waals surface area contributed by atoms with Crippen LogP contribution in [0.15, 0.2) is 54.7 Å². The van der Waals surface area contributed by atoms with Gasteiger partial charge in [0.2, 0.25) is 5.91 Å². The number of hydrazine groups is 1. The van der Waals surface area contributed by atoms with Gasteiger partial charge < -0.3 is 4.90 Å². The van der Waals surface area contributed by atoms with Gasteiger partial charge >= 0.3 is 0 Å². The van der Waals surface area contributed by atoms with Gasteiger partial charge in [0.1, 0.15) is 11.9 Å². The second-order valence-electron chi connectivity index (χ2n) is 7.65. The summed E-state index contributed by atoms with van der Waals surface area (Å²) < 4.78 is 2.04. The van der Waals surface area contributed by atoms with E-state index in [-0.39, 0.29) is 23.9 Å². The highest BCUT2D eigenvalue weighted by Crippen LogP contribution is 2.28. The molecule has 7 heteroatoms. The van der Waals surface area contributed by atoms with E-state index in [1.807, 2.05) is 51.9 Å². The monoisotopic (exact) mass is 376 g/mol. The minimum Gasteiger partial charge on any atom is -0.341 e. The zero-order valence-corrected chi connectivity index (χ0v) is 15.7. The summed E-state index contributed by atoms with van der Waals surface area (Å²) in [4.78, 5) is 15.1. The van der Waals surface area contributed by atoms with E-state index in [2.05, 4.69) is 33.2 Å². The van der Waals surface area contributed by atoms with E-state index in [4.69, 9.17) is 0 Å². The van der Waals surface area contributed by atoms with E-state index in [9.17, 15) is 4.79 Å². The third-order valence-electron chi connectivity index (χ3n) is 5.84. The van der Waals surface area contributed by atoms with Crippen LogP contribution in [0, 0.1) is 0 Å². The van der Waals surface area contributed by atoms with Crippen LogP contribution in [0.5, 0.6) is 0 Å². The number of nitrogens with zero attached hydrogens (tertiary/aromatic N) is 4. The number of fused-ring (bicyclic) bond motifs is 1. The average molecular weight is 376 g/mol. The lowest BCUT2D eigenvalue weighted by Crippen LogP contribution is -2.48. The van der Waals surface area contributed by atoms with Crippen molar-refractivity contribution in [1.82, 2.24) is 30.3 Å². The van der Waals surface area contributed by atoms with Crippen LogP contribution in [0.1, 0.15) is 42.6 Å². The summed E-state index contributed by atoms with van der Waals surface area (Å²) in [6.07, 6.45) is 4.78. The first-order chi connectivity index (χ1) is 13.8. The molecule has 0 aliphatic carbocycles. The number of hydrogen-bond acceptors (Lipinski definition) is 5. The van der Waals surface area contributed by atoms with Crippen LogP contribution >= 0.6 is 0 Å². The lowest BCUT2D eigenvalue weighted by molar-refractivity contribution is -0.134. The van der Waals surface area contributed by atoms with Gasteiger partial charge in [0.05, 0.1) is 0 Å². The van der Waals surface area contributed by atoms with Gasteiger partial charge in [-0.2, -0.15) is 0 Å². The van der Waals surface area contributed by atoms with Gasteiger partial charge in [-0.3, -0.25) is 9.20 Å². The molecule has 0 spiro atoms. The topological polar surface area (TPSA) is 74.6 Å². The van der Waals surface area contributed by atoms with Crippen molar-refractivity contribution in [2.45, 2.75) is 37.3 Å². The number of rotatable bonds is 3. The first-order valence-corrected chi connectivity index (χ1v) is 9.94. The minimum atomic E-state index is -0.195. The Bertz CT molecular complexity index is 971. The highest BCUT2D eigenvalue weighted by molar-refractivity contribution is 5.82. The maximum atomic E-state index is 13.1. The quantitative estimate of drug-likeness (QED) is 0.732. The number of aromatic nitrogens is 3. The second-order valence-corrected chi connectivity index (χ2v) is 7.65. The molecule has 2 saturated heterocycles. The molecule has 1 aromatic carbocycles. The Morgan fingerprint density at radius 1 is 1.04 bits per heavy atom. The lowest BCUT2D eigenvalue weighted by Gasteiger charge is -2.33. The number of amides is 1. The second kappa shape index (κ2) is 7.33. The van der Waals surface area contributed by atoms with Crippen molar-refractivity contribution >= 4 is 11.6 Å². The van der Waals surface area contributed by atoms with Crippen LogP contribution in [0.3, 0.4) is 0 Å². The third-order valence-corrected chi connectivity index (χ3v) is 5.84. The van der Waals surface area contributed by atoms with Gasteiger partial charge in [0.25, 0.3) is 0 Å². The van der Waals surface area contributed by atoms with E-state index in [0.717, 1.165) is 37.3 Å². The maximum Gasteiger partial charge on any atom is 0.241 e. The Kier molecular flexibility index (Phi) is 4.54. The van der Waals surface area contributed by atoms with E-state index in [0.29, 0.717) is 6.54 Å². The molecule has 1 amide bonds. The van der Waals surface area contributed by atoms with Crippen LogP contribution in [-0.2, 0) is 4.79 Å². The fraction of sp³-hybridized carbons (Fsp3) is 0.381. The van der Waals surface area contributed by atoms with E-state index in [1.54, 1.807) is 0 Å². The highest BCUT2D eigenvalue weighted by Gasteiger charge is 2.35. The normalized spacial score (nSPS) is 25.3. The van der Waals surface area contributed by atoms with Crippen molar-refractivity contribution < 1.29 is 4.79 Å². The molecule has 2 aromatic heterocycles. The summed E-state index contributed by atoms with van der Waals surface area (Å²) in [6.45, 7) is 1.50. The summed E-state index contributed by atoms with van der Waals surface area (Å²) in [6, 6.07) is 16.1. The fourth-order valence-electron chi connectivity index (χ4n) is 4.37. The molecule has 0 saturated carbocycles. The molecule has 3 unspecified atom stereocenters. The Morgan fingerprint density at radius 2 is 1.89 bits per heavy atom. The van der Waals surface area contributed by atoms with Gasteiger partial charge in [-0.05, 0) is 37.0 Å². The van der Waals surface area contributed by atoms with Crippen molar-refractivity contribution in [2.75, 3.05) is 13.1 Å². The van der Waals surface area contributed by atoms with Crippen LogP contribution in [0.4, 0.5) is 0 Å². The van der Waals surface area contributed by atoms with E-state index >= 15 is 0 Å². The van der Waals surface area contributed by atoms with Crippen molar-refractivity contribution in [3.63, 3.8) is 0 Å². The summed E-state index contributed by atoms with van der Waals surface area (Å²) >= 11 is 0. The van der Waals surface area contributed by atoms with Gasteiger partial charge in [-0.15, -0.1) is 10.2 Å². The number of carbonyl (C=O) groups is 1. The van der Waals surface area contributed by atoms with Crippen LogP contribution in [0.2, 0.25) is 0 Å². The molecule has 28 heavy (non-hydrogen) atoms. The smallest absolute Gasteiger partial charge is 0.241 e. The number of piperidine rings is 1. The molecular formula is C21H24N6O. The van der Waals surface area contributed by atoms with Gasteiger partial charge in [-0.25, -0.2) is 10.9 Å². The Balaban J connectivity index is 1.28. The first-order valence-electron chi connectivity index (χ1n) is 9.94. The molecule has 0 bridgehead atoms. The lowest BCUT2D eigenvalue weighted by atomic mass is 9.95. The Labute approximate surface area is 163 Å². The van der Waals surface area contributed by atoms with Crippen molar-refractivity contribution in [3.05, 3.63) is 66.1 Å². The number of carbonyl (C=O) groups excluding carboxylic acids is 1.